The zero-order chi connectivity index (χ0) is 17.5. The summed E-state index contributed by atoms with van der Waals surface area (Å²) in [7, 11) is 1.15. The van der Waals surface area contributed by atoms with Crippen LogP contribution in [-0.2, 0) is 14.3 Å². The third-order valence-electron chi connectivity index (χ3n) is 3.15. The lowest BCUT2D eigenvalue weighted by Crippen LogP contribution is -2.43. The zero-order valence-corrected chi connectivity index (χ0v) is 12.9. The van der Waals surface area contributed by atoms with Crippen molar-refractivity contribution in [3.8, 4) is 11.3 Å². The van der Waals surface area contributed by atoms with Crippen LogP contribution < -0.4 is 5.32 Å². The van der Waals surface area contributed by atoms with Crippen molar-refractivity contribution in [3.63, 3.8) is 0 Å². The lowest BCUT2D eigenvalue weighted by atomic mass is 10.1. The Hall–Kier alpha value is -2.93. The maximum absolute atomic E-state index is 13.7. The van der Waals surface area contributed by atoms with Crippen LogP contribution in [0.5, 0.6) is 0 Å². The van der Waals surface area contributed by atoms with Crippen molar-refractivity contribution in [2.45, 2.75) is 6.04 Å². The number of carbonyl (C=O) groups is 2. The summed E-state index contributed by atoms with van der Waals surface area (Å²) in [5.41, 5.74) is 0.313. The number of esters is 1. The molecule has 2 N–H and O–H groups in total. The quantitative estimate of drug-likeness (QED) is 0.621. The number of ether oxygens (including phenoxy) is 1. The third-order valence-corrected chi connectivity index (χ3v) is 3.15. The van der Waals surface area contributed by atoms with E-state index < -0.39 is 30.3 Å². The number of amides is 1. The summed E-state index contributed by atoms with van der Waals surface area (Å²) < 4.78 is 23.6. The minimum absolute atomic E-state index is 0.313. The molecule has 2 rings (SSSR count). The molecule has 2 aromatic rings. The molecule has 1 heterocycles. The number of hydrogen-bond acceptors (Lipinski definition) is 5. The monoisotopic (exact) mass is 333 g/mol. The number of aliphatic hydroxyl groups is 1. The van der Waals surface area contributed by atoms with Gasteiger partial charge in [0.25, 0.3) is 0 Å². The number of aliphatic hydroxyl groups excluding tert-OH is 1. The Morgan fingerprint density at radius 1 is 1.33 bits per heavy atom. The van der Waals surface area contributed by atoms with Crippen LogP contribution in [0.3, 0.4) is 0 Å². The first kappa shape index (κ1) is 17.4. The standard InChI is InChI=1S/C17H16FNO5/c1-23-17(22)14(10-20)19-16(21)9-7-11-6-8-15(24-11)12-4-2-3-5-13(12)18/h2-9,14,20H,10H2,1H3,(H,19,21)/b9-7+/t14-/m1/s1. The molecule has 1 aromatic carbocycles. The van der Waals surface area contributed by atoms with E-state index in [0.29, 0.717) is 17.1 Å². The smallest absolute Gasteiger partial charge is 0.330 e. The van der Waals surface area contributed by atoms with Crippen LogP contribution in [-0.4, -0.2) is 36.7 Å². The largest absolute Gasteiger partial charge is 0.467 e. The Labute approximate surface area is 137 Å². The summed E-state index contributed by atoms with van der Waals surface area (Å²) in [5, 5.41) is 11.3. The number of nitrogens with one attached hydrogen (secondary N) is 1. The molecule has 0 aliphatic rings. The topological polar surface area (TPSA) is 88.8 Å². The van der Waals surface area contributed by atoms with Crippen LogP contribution in [0.4, 0.5) is 4.39 Å². The van der Waals surface area contributed by atoms with E-state index in [4.69, 9.17) is 9.52 Å². The van der Waals surface area contributed by atoms with Gasteiger partial charge in [-0.05, 0) is 30.3 Å². The van der Waals surface area contributed by atoms with Crippen LogP contribution in [0, 0.1) is 5.82 Å². The summed E-state index contributed by atoms with van der Waals surface area (Å²) in [6.07, 6.45) is 2.50. The normalized spacial score (nSPS) is 12.1. The molecular formula is C17H16FNO5. The van der Waals surface area contributed by atoms with Crippen molar-refractivity contribution in [1.29, 1.82) is 0 Å². The number of methoxy groups -OCH3 is 1. The van der Waals surface area contributed by atoms with E-state index in [1.165, 1.54) is 12.1 Å². The highest BCUT2D eigenvalue weighted by Crippen LogP contribution is 2.25. The van der Waals surface area contributed by atoms with Crippen LogP contribution in [0.15, 0.2) is 46.9 Å². The lowest BCUT2D eigenvalue weighted by molar-refractivity contribution is -0.145. The molecule has 0 spiro atoms. The molecule has 0 unspecified atom stereocenters. The van der Waals surface area contributed by atoms with Gasteiger partial charge in [-0.25, -0.2) is 9.18 Å². The third kappa shape index (κ3) is 4.30. The first-order chi connectivity index (χ1) is 11.5. The van der Waals surface area contributed by atoms with Crippen molar-refractivity contribution < 1.29 is 28.2 Å². The molecule has 0 saturated heterocycles. The minimum atomic E-state index is -1.14. The number of hydrogen-bond donors (Lipinski definition) is 2. The highest BCUT2D eigenvalue weighted by molar-refractivity contribution is 5.94. The molecule has 6 nitrogen and oxygen atoms in total. The molecule has 0 fully saturated rings. The van der Waals surface area contributed by atoms with Crippen LogP contribution in [0.2, 0.25) is 0 Å². The first-order valence-corrected chi connectivity index (χ1v) is 7.07. The van der Waals surface area contributed by atoms with Gasteiger partial charge in [-0.1, -0.05) is 12.1 Å². The summed E-state index contributed by atoms with van der Waals surface area (Å²) in [6, 6.07) is 8.19. The van der Waals surface area contributed by atoms with E-state index in [1.54, 1.807) is 30.3 Å². The Morgan fingerprint density at radius 3 is 2.75 bits per heavy atom. The minimum Gasteiger partial charge on any atom is -0.467 e. The van der Waals surface area contributed by atoms with Gasteiger partial charge in [0.15, 0.2) is 6.04 Å². The molecule has 0 aliphatic carbocycles. The maximum Gasteiger partial charge on any atom is 0.330 e. The maximum atomic E-state index is 13.7. The fourth-order valence-corrected chi connectivity index (χ4v) is 1.95. The Bertz CT molecular complexity index is 753. The number of furan rings is 1. The summed E-state index contributed by atoms with van der Waals surface area (Å²) in [4.78, 5) is 23.0. The van der Waals surface area contributed by atoms with Gasteiger partial charge in [-0.15, -0.1) is 0 Å². The van der Waals surface area contributed by atoms with Crippen molar-refractivity contribution in [3.05, 3.63) is 54.1 Å². The van der Waals surface area contributed by atoms with Crippen LogP contribution >= 0.6 is 0 Å². The van der Waals surface area contributed by atoms with E-state index in [9.17, 15) is 14.0 Å². The number of halogens is 1. The zero-order valence-electron chi connectivity index (χ0n) is 12.9. The highest BCUT2D eigenvalue weighted by atomic mass is 19.1. The fraction of sp³-hybridized carbons (Fsp3) is 0.176. The molecule has 0 bridgehead atoms. The van der Waals surface area contributed by atoms with Crippen molar-refractivity contribution in [1.82, 2.24) is 5.32 Å². The molecule has 126 valence electrons. The Morgan fingerprint density at radius 2 is 2.08 bits per heavy atom. The van der Waals surface area contributed by atoms with Gasteiger partial charge in [0.05, 0.1) is 19.3 Å². The first-order valence-electron chi connectivity index (χ1n) is 7.07. The van der Waals surface area contributed by atoms with Gasteiger partial charge in [-0.3, -0.25) is 4.79 Å². The lowest BCUT2D eigenvalue weighted by Gasteiger charge is -2.11. The van der Waals surface area contributed by atoms with E-state index in [2.05, 4.69) is 10.1 Å². The second kappa shape index (κ2) is 8.07. The second-order valence-corrected chi connectivity index (χ2v) is 4.78. The van der Waals surface area contributed by atoms with Gasteiger partial charge in [0, 0.05) is 6.08 Å². The van der Waals surface area contributed by atoms with Gasteiger partial charge in [-0.2, -0.15) is 0 Å². The highest BCUT2D eigenvalue weighted by Gasteiger charge is 2.19. The van der Waals surface area contributed by atoms with E-state index in [0.717, 1.165) is 13.2 Å². The molecular weight excluding hydrogens is 317 g/mol. The van der Waals surface area contributed by atoms with Crippen molar-refractivity contribution >= 4 is 18.0 Å². The average molecular weight is 333 g/mol. The Balaban J connectivity index is 2.04. The molecule has 7 heteroatoms. The fourth-order valence-electron chi connectivity index (χ4n) is 1.95. The number of benzene rings is 1. The van der Waals surface area contributed by atoms with E-state index in [1.807, 2.05) is 0 Å². The predicted molar refractivity (Wildman–Crippen MR) is 84.2 cm³/mol. The van der Waals surface area contributed by atoms with Gasteiger partial charge >= 0.3 is 5.97 Å². The molecule has 1 aromatic heterocycles. The van der Waals surface area contributed by atoms with Crippen LogP contribution in [0.1, 0.15) is 5.76 Å². The van der Waals surface area contributed by atoms with Gasteiger partial charge in [0.1, 0.15) is 17.3 Å². The summed E-state index contributed by atoms with van der Waals surface area (Å²) >= 11 is 0. The number of rotatable bonds is 6. The van der Waals surface area contributed by atoms with E-state index in [-0.39, 0.29) is 0 Å². The van der Waals surface area contributed by atoms with Gasteiger partial charge < -0.3 is 19.6 Å². The predicted octanol–water partition coefficient (Wildman–Crippen LogP) is 1.75. The summed E-state index contributed by atoms with van der Waals surface area (Å²) in [6.45, 7) is -0.579. The van der Waals surface area contributed by atoms with Crippen molar-refractivity contribution in [2.75, 3.05) is 13.7 Å². The van der Waals surface area contributed by atoms with Crippen LogP contribution in [0.25, 0.3) is 17.4 Å². The van der Waals surface area contributed by atoms with Gasteiger partial charge in [0.2, 0.25) is 5.91 Å². The molecule has 0 radical (unpaired) electrons. The molecule has 1 amide bonds. The Kier molecular flexibility index (Phi) is 5.86. The molecule has 0 aliphatic heterocycles. The molecule has 0 saturated carbocycles. The second-order valence-electron chi connectivity index (χ2n) is 4.78. The number of carbonyl (C=O) groups excluding carboxylic acids is 2. The molecule has 1 atom stereocenters. The average Bonchev–Trinajstić information content (AvgIpc) is 3.06. The van der Waals surface area contributed by atoms with Crippen molar-refractivity contribution in [2.24, 2.45) is 0 Å². The SMILES string of the molecule is COC(=O)[C@@H](CO)NC(=O)/C=C/c1ccc(-c2ccccc2F)o1. The van der Waals surface area contributed by atoms with E-state index >= 15 is 0 Å². The summed E-state index contributed by atoms with van der Waals surface area (Å²) in [5.74, 6) is -1.11. The molecule has 24 heavy (non-hydrogen) atoms.